The normalized spacial score (nSPS) is 19.1. The van der Waals surface area contributed by atoms with E-state index in [1.807, 2.05) is 11.8 Å². The smallest absolute Gasteiger partial charge is 0.0545 e. The minimum absolute atomic E-state index is 0.775. The summed E-state index contributed by atoms with van der Waals surface area (Å²) in [4.78, 5) is 0. The fourth-order valence-corrected chi connectivity index (χ4v) is 2.65. The van der Waals surface area contributed by atoms with Crippen LogP contribution in [-0.2, 0) is 0 Å². The van der Waals surface area contributed by atoms with Gasteiger partial charge in [0.2, 0.25) is 0 Å². The zero-order chi connectivity index (χ0) is 10.8. The third kappa shape index (κ3) is 6.87. The van der Waals surface area contributed by atoms with Crippen LogP contribution in [0.5, 0.6) is 0 Å². The van der Waals surface area contributed by atoms with Gasteiger partial charge in [0, 0.05) is 18.3 Å². The van der Waals surface area contributed by atoms with E-state index in [9.17, 15) is 0 Å². The number of thioether (sulfide) groups is 1. The lowest BCUT2D eigenvalue weighted by molar-refractivity contribution is 0.397. The molecule has 0 bridgehead atoms. The Morgan fingerprint density at radius 2 is 1.80 bits per heavy atom. The summed E-state index contributed by atoms with van der Waals surface area (Å²) >= 11 is 1.85. The lowest BCUT2D eigenvalue weighted by Gasteiger charge is -2.20. The summed E-state index contributed by atoms with van der Waals surface area (Å²) in [5, 5.41) is 3.66. The van der Waals surface area contributed by atoms with Crippen molar-refractivity contribution in [2.75, 3.05) is 18.1 Å². The van der Waals surface area contributed by atoms with Gasteiger partial charge in [0.25, 0.3) is 0 Å². The summed E-state index contributed by atoms with van der Waals surface area (Å²) in [5.41, 5.74) is 0. The molecule has 1 nitrogen and oxygen atoms in total. The number of nitrogens with one attached hydrogen (secondary N) is 1. The van der Waals surface area contributed by atoms with Crippen LogP contribution in [0, 0.1) is 12.3 Å². The van der Waals surface area contributed by atoms with Crippen LogP contribution >= 0.6 is 11.8 Å². The first-order valence-electron chi connectivity index (χ1n) is 6.18. The highest BCUT2D eigenvalue weighted by Crippen LogP contribution is 2.16. The molecular weight excluding hydrogens is 202 g/mol. The largest absolute Gasteiger partial charge is 0.313 e. The molecule has 0 heterocycles. The first-order valence-corrected chi connectivity index (χ1v) is 7.33. The summed E-state index contributed by atoms with van der Waals surface area (Å²) in [6.45, 7) is 1.12. The Labute approximate surface area is 98.8 Å². The molecule has 1 aliphatic rings. The molecule has 0 atom stereocenters. The van der Waals surface area contributed by atoms with Crippen molar-refractivity contribution in [3.05, 3.63) is 0 Å². The minimum Gasteiger partial charge on any atom is -0.313 e. The number of hydrogen-bond donors (Lipinski definition) is 1. The lowest BCUT2D eigenvalue weighted by Crippen LogP contribution is -2.31. The van der Waals surface area contributed by atoms with Crippen molar-refractivity contribution < 1.29 is 0 Å². The second-order valence-electron chi connectivity index (χ2n) is 4.25. The van der Waals surface area contributed by atoms with Gasteiger partial charge in [-0.2, -0.15) is 0 Å². The fourth-order valence-electron chi connectivity index (χ4n) is 2.13. The molecule has 0 aromatic carbocycles. The zero-order valence-corrected chi connectivity index (χ0v) is 10.5. The van der Waals surface area contributed by atoms with Crippen LogP contribution in [0.25, 0.3) is 0 Å². The van der Waals surface area contributed by atoms with E-state index in [0.29, 0.717) is 0 Å². The van der Waals surface area contributed by atoms with Crippen molar-refractivity contribution in [3.8, 4) is 12.3 Å². The standard InChI is InChI=1S/C13H23NS/c1-2-11-15-12-10-14-13-8-6-4-3-5-7-9-13/h1,13-14H,3-12H2. The summed E-state index contributed by atoms with van der Waals surface area (Å²) in [6, 6.07) is 0.775. The van der Waals surface area contributed by atoms with E-state index < -0.39 is 0 Å². The molecule has 0 radical (unpaired) electrons. The summed E-state index contributed by atoms with van der Waals surface area (Å²) in [6.07, 6.45) is 15.1. The first kappa shape index (κ1) is 12.9. The van der Waals surface area contributed by atoms with E-state index in [0.717, 1.165) is 24.1 Å². The van der Waals surface area contributed by atoms with Crippen LogP contribution in [0.4, 0.5) is 0 Å². The Morgan fingerprint density at radius 3 is 2.47 bits per heavy atom. The quantitative estimate of drug-likeness (QED) is 0.570. The van der Waals surface area contributed by atoms with Gasteiger partial charge in [0.15, 0.2) is 0 Å². The van der Waals surface area contributed by atoms with E-state index in [-0.39, 0.29) is 0 Å². The molecule has 1 rings (SSSR count). The van der Waals surface area contributed by atoms with Gasteiger partial charge in [-0.1, -0.05) is 38.0 Å². The summed E-state index contributed by atoms with van der Waals surface area (Å²) in [5.74, 6) is 4.67. The summed E-state index contributed by atoms with van der Waals surface area (Å²) < 4.78 is 0. The van der Waals surface area contributed by atoms with Gasteiger partial charge >= 0.3 is 0 Å². The van der Waals surface area contributed by atoms with Crippen molar-refractivity contribution in [1.29, 1.82) is 0 Å². The van der Waals surface area contributed by atoms with E-state index in [1.165, 1.54) is 44.9 Å². The van der Waals surface area contributed by atoms with Gasteiger partial charge in [0.05, 0.1) is 5.75 Å². The molecule has 1 fully saturated rings. The van der Waals surface area contributed by atoms with Crippen LogP contribution < -0.4 is 5.32 Å². The van der Waals surface area contributed by atoms with Gasteiger partial charge in [-0.3, -0.25) is 0 Å². The van der Waals surface area contributed by atoms with Gasteiger partial charge in [-0.05, 0) is 12.8 Å². The highest BCUT2D eigenvalue weighted by Gasteiger charge is 2.09. The van der Waals surface area contributed by atoms with Crippen molar-refractivity contribution in [1.82, 2.24) is 5.32 Å². The van der Waals surface area contributed by atoms with Crippen LogP contribution in [0.1, 0.15) is 44.9 Å². The number of terminal acetylenes is 1. The second-order valence-corrected chi connectivity index (χ2v) is 5.36. The highest BCUT2D eigenvalue weighted by molar-refractivity contribution is 7.99. The molecule has 0 aliphatic heterocycles. The topological polar surface area (TPSA) is 12.0 Å². The number of hydrogen-bond acceptors (Lipinski definition) is 2. The van der Waals surface area contributed by atoms with Crippen molar-refractivity contribution in [2.45, 2.75) is 51.0 Å². The van der Waals surface area contributed by atoms with E-state index in [4.69, 9.17) is 6.42 Å². The van der Waals surface area contributed by atoms with Crippen LogP contribution in [0.2, 0.25) is 0 Å². The predicted molar refractivity (Wildman–Crippen MR) is 70.3 cm³/mol. The third-order valence-corrected chi connectivity index (χ3v) is 3.83. The van der Waals surface area contributed by atoms with Gasteiger partial charge in [0.1, 0.15) is 0 Å². The molecular formula is C13H23NS. The third-order valence-electron chi connectivity index (χ3n) is 2.97. The molecule has 1 N–H and O–H groups in total. The maximum Gasteiger partial charge on any atom is 0.0545 e. The average molecular weight is 225 g/mol. The minimum atomic E-state index is 0.775. The van der Waals surface area contributed by atoms with Gasteiger partial charge in [-0.15, -0.1) is 18.2 Å². The maximum absolute atomic E-state index is 5.20. The molecule has 0 amide bonds. The monoisotopic (exact) mass is 225 g/mol. The van der Waals surface area contributed by atoms with Crippen LogP contribution in [0.3, 0.4) is 0 Å². The van der Waals surface area contributed by atoms with Crippen molar-refractivity contribution in [2.24, 2.45) is 0 Å². The van der Waals surface area contributed by atoms with Crippen LogP contribution in [-0.4, -0.2) is 24.1 Å². The molecule has 0 unspecified atom stereocenters. The highest BCUT2D eigenvalue weighted by atomic mass is 32.2. The average Bonchev–Trinajstić information content (AvgIpc) is 2.20. The second kappa shape index (κ2) is 9.12. The van der Waals surface area contributed by atoms with E-state index in [2.05, 4.69) is 11.2 Å². The number of rotatable bonds is 5. The fraction of sp³-hybridized carbons (Fsp3) is 0.846. The van der Waals surface area contributed by atoms with E-state index >= 15 is 0 Å². The van der Waals surface area contributed by atoms with Crippen LogP contribution in [0.15, 0.2) is 0 Å². The van der Waals surface area contributed by atoms with Gasteiger partial charge < -0.3 is 5.32 Å². The first-order chi connectivity index (χ1) is 7.43. The Kier molecular flexibility index (Phi) is 7.87. The molecule has 0 aromatic heterocycles. The van der Waals surface area contributed by atoms with Crippen molar-refractivity contribution >= 4 is 11.8 Å². The predicted octanol–water partition coefficient (Wildman–Crippen LogP) is 3.06. The molecule has 2 heteroatoms. The molecule has 1 aliphatic carbocycles. The Hall–Kier alpha value is -0.130. The molecule has 1 saturated carbocycles. The SMILES string of the molecule is C#CCSCCNC1CCCCCCC1. The summed E-state index contributed by atoms with van der Waals surface area (Å²) in [7, 11) is 0. The maximum atomic E-state index is 5.20. The molecule has 15 heavy (non-hydrogen) atoms. The molecule has 0 spiro atoms. The Balaban J connectivity index is 2.00. The van der Waals surface area contributed by atoms with Gasteiger partial charge in [-0.25, -0.2) is 0 Å². The zero-order valence-electron chi connectivity index (χ0n) is 9.63. The van der Waals surface area contributed by atoms with Crippen molar-refractivity contribution in [3.63, 3.8) is 0 Å². The molecule has 0 aromatic rings. The Bertz CT molecular complexity index is 177. The molecule has 0 saturated heterocycles. The molecule has 86 valence electrons. The lowest BCUT2D eigenvalue weighted by atomic mass is 9.97. The Morgan fingerprint density at radius 1 is 1.13 bits per heavy atom. The van der Waals surface area contributed by atoms with E-state index in [1.54, 1.807) is 0 Å².